The van der Waals surface area contributed by atoms with Crippen LogP contribution in [0.2, 0.25) is 0 Å². The Kier molecular flexibility index (Phi) is 5.16. The van der Waals surface area contributed by atoms with Crippen molar-refractivity contribution in [1.29, 1.82) is 0 Å². The molecule has 0 aromatic heterocycles. The van der Waals surface area contributed by atoms with E-state index >= 15 is 0 Å². The van der Waals surface area contributed by atoms with Gasteiger partial charge in [-0.15, -0.1) is 0 Å². The molecular weight excluding hydrogens is 394 g/mol. The maximum Gasteiger partial charge on any atom is 0.264 e. The van der Waals surface area contributed by atoms with Crippen LogP contribution in [0.4, 0.5) is 5.69 Å². The molecule has 1 aliphatic heterocycles. The first-order valence-corrected chi connectivity index (χ1v) is 11.3. The number of fused-ring (bicyclic) bond motifs is 2. The average Bonchev–Trinajstić information content (AvgIpc) is 2.71. The van der Waals surface area contributed by atoms with E-state index in [0.717, 1.165) is 33.4 Å². The van der Waals surface area contributed by atoms with Crippen molar-refractivity contribution in [3.63, 3.8) is 0 Å². The number of nitrogens with zero attached hydrogens (tertiary/aromatic N) is 1. The normalized spacial score (nSPS) is 13.8. The van der Waals surface area contributed by atoms with Crippen LogP contribution in [0.5, 0.6) is 5.75 Å². The Morgan fingerprint density at radius 2 is 1.60 bits per heavy atom. The highest BCUT2D eigenvalue weighted by Crippen LogP contribution is 2.37. The van der Waals surface area contributed by atoms with Crippen molar-refractivity contribution < 1.29 is 13.2 Å². The molecular formula is C25H25NO3S. The minimum Gasteiger partial charge on any atom is -0.497 e. The summed E-state index contributed by atoms with van der Waals surface area (Å²) in [7, 11) is -2.15. The number of methoxy groups -OCH3 is 1. The highest BCUT2D eigenvalue weighted by atomic mass is 32.2. The maximum absolute atomic E-state index is 13.7. The van der Waals surface area contributed by atoms with E-state index in [9.17, 15) is 8.42 Å². The Balaban J connectivity index is 1.93. The topological polar surface area (TPSA) is 46.6 Å². The van der Waals surface area contributed by atoms with Crippen molar-refractivity contribution in [3.05, 3.63) is 95.1 Å². The molecule has 0 saturated carbocycles. The lowest BCUT2D eigenvalue weighted by Crippen LogP contribution is -2.32. The lowest BCUT2D eigenvalue weighted by atomic mass is 9.92. The number of hydrogen-bond acceptors (Lipinski definition) is 3. The van der Waals surface area contributed by atoms with Gasteiger partial charge in [-0.1, -0.05) is 48.0 Å². The molecule has 0 amide bonds. The van der Waals surface area contributed by atoms with Crippen LogP contribution in [-0.2, 0) is 23.0 Å². The van der Waals surface area contributed by atoms with Crippen molar-refractivity contribution in [2.75, 3.05) is 11.4 Å². The molecule has 0 fully saturated rings. The molecule has 30 heavy (non-hydrogen) atoms. The molecule has 5 heteroatoms. The molecule has 0 radical (unpaired) electrons. The predicted molar refractivity (Wildman–Crippen MR) is 121 cm³/mol. The van der Waals surface area contributed by atoms with Crippen LogP contribution in [-0.4, -0.2) is 15.5 Å². The van der Waals surface area contributed by atoms with Crippen LogP contribution in [0.15, 0.2) is 72.1 Å². The zero-order valence-electron chi connectivity index (χ0n) is 17.5. The fourth-order valence-electron chi connectivity index (χ4n) is 3.89. The molecule has 3 aromatic carbocycles. The average molecular weight is 420 g/mol. The Morgan fingerprint density at radius 1 is 0.900 bits per heavy atom. The number of ether oxygens (including phenoxy) is 1. The van der Waals surface area contributed by atoms with Gasteiger partial charge < -0.3 is 4.74 Å². The van der Waals surface area contributed by atoms with Gasteiger partial charge in [0.2, 0.25) is 0 Å². The summed E-state index contributed by atoms with van der Waals surface area (Å²) >= 11 is 0. The fourth-order valence-corrected chi connectivity index (χ4v) is 5.37. The second-order valence-electron chi connectivity index (χ2n) is 7.76. The van der Waals surface area contributed by atoms with Gasteiger partial charge in [-0.25, -0.2) is 8.42 Å². The highest BCUT2D eigenvalue weighted by Gasteiger charge is 2.30. The number of anilines is 1. The summed E-state index contributed by atoms with van der Waals surface area (Å²) in [6.07, 6.45) is 0.580. The van der Waals surface area contributed by atoms with Crippen molar-refractivity contribution in [2.45, 2.75) is 31.7 Å². The quantitative estimate of drug-likeness (QED) is 0.580. The van der Waals surface area contributed by atoms with Crippen molar-refractivity contribution in [2.24, 2.45) is 0 Å². The van der Waals surface area contributed by atoms with E-state index in [2.05, 4.69) is 6.58 Å². The molecule has 1 aliphatic rings. The van der Waals surface area contributed by atoms with Crippen LogP contribution in [0.3, 0.4) is 0 Å². The number of hydrogen-bond donors (Lipinski definition) is 0. The third-order valence-corrected chi connectivity index (χ3v) is 7.30. The lowest BCUT2D eigenvalue weighted by molar-refractivity contribution is 0.414. The second-order valence-corrected chi connectivity index (χ2v) is 9.62. The summed E-state index contributed by atoms with van der Waals surface area (Å²) in [5.74, 6) is 0.693. The number of sulfonamides is 1. The van der Waals surface area contributed by atoms with Crippen LogP contribution < -0.4 is 9.04 Å². The Hall–Kier alpha value is -3.05. The third kappa shape index (κ3) is 3.61. The molecule has 0 N–H and O–H groups in total. The molecule has 0 spiro atoms. The summed E-state index contributed by atoms with van der Waals surface area (Å²) in [4.78, 5) is 0.281. The van der Waals surface area contributed by atoms with Crippen molar-refractivity contribution in [3.8, 4) is 5.75 Å². The first-order chi connectivity index (χ1) is 14.3. The number of rotatable bonds is 3. The van der Waals surface area contributed by atoms with Crippen LogP contribution in [0.25, 0.3) is 5.57 Å². The fraction of sp³-hybridized carbons (Fsp3) is 0.200. The van der Waals surface area contributed by atoms with Gasteiger partial charge in [0, 0.05) is 0 Å². The van der Waals surface area contributed by atoms with Crippen LogP contribution in [0.1, 0.15) is 27.8 Å². The Labute approximate surface area is 178 Å². The van der Waals surface area contributed by atoms with Crippen molar-refractivity contribution in [1.82, 2.24) is 0 Å². The predicted octanol–water partition coefficient (Wildman–Crippen LogP) is 5.28. The number of allylic oxidation sites excluding steroid dienone is 1. The number of aryl methyl sites for hydroxylation is 2. The standard InChI is InChI=1S/C25H25NO3S/c1-17-5-9-23(10-6-17)30(27,28)26-16-21-15-22(29-4)8-11-24(21)19(3)14-20-13-18(2)7-12-25(20)26/h5-13,15H,3,14,16H2,1-2,4H3. The van der Waals surface area contributed by atoms with E-state index in [4.69, 9.17) is 4.74 Å². The minimum absolute atomic E-state index is 0.206. The first-order valence-electron chi connectivity index (χ1n) is 9.83. The maximum atomic E-state index is 13.7. The highest BCUT2D eigenvalue weighted by molar-refractivity contribution is 7.92. The molecule has 0 bridgehead atoms. The van der Waals surface area contributed by atoms with E-state index < -0.39 is 10.0 Å². The van der Waals surface area contributed by atoms with Gasteiger partial charge in [0.05, 0.1) is 24.2 Å². The Bertz CT molecular complexity index is 1230. The zero-order chi connectivity index (χ0) is 21.5. The molecule has 0 unspecified atom stereocenters. The second kappa shape index (κ2) is 7.65. The molecule has 3 aromatic rings. The van der Waals surface area contributed by atoms with E-state index in [0.29, 0.717) is 17.9 Å². The SMILES string of the molecule is C=C1Cc2cc(C)ccc2N(S(=O)(=O)c2ccc(C)cc2)Cc2cc(OC)ccc21. The minimum atomic E-state index is -3.76. The Morgan fingerprint density at radius 3 is 2.30 bits per heavy atom. The summed E-state index contributed by atoms with van der Waals surface area (Å²) in [6.45, 7) is 8.45. The van der Waals surface area contributed by atoms with E-state index in [1.807, 2.05) is 62.4 Å². The molecule has 0 aliphatic carbocycles. The van der Waals surface area contributed by atoms with E-state index in [-0.39, 0.29) is 11.4 Å². The summed E-state index contributed by atoms with van der Waals surface area (Å²) < 4.78 is 34.4. The zero-order valence-corrected chi connectivity index (χ0v) is 18.3. The van der Waals surface area contributed by atoms with Gasteiger partial charge in [-0.2, -0.15) is 0 Å². The van der Waals surface area contributed by atoms with Gasteiger partial charge in [0.1, 0.15) is 5.75 Å². The molecule has 154 valence electrons. The van der Waals surface area contributed by atoms with Gasteiger partial charge in [0.25, 0.3) is 10.0 Å². The van der Waals surface area contributed by atoms with Gasteiger partial charge in [0.15, 0.2) is 0 Å². The van der Waals surface area contributed by atoms with E-state index in [1.54, 1.807) is 19.2 Å². The third-order valence-electron chi connectivity index (χ3n) is 5.52. The molecule has 0 atom stereocenters. The molecule has 0 saturated heterocycles. The summed E-state index contributed by atoms with van der Waals surface area (Å²) in [5.41, 5.74) is 6.56. The van der Waals surface area contributed by atoms with Gasteiger partial charge in [-0.3, -0.25) is 4.31 Å². The monoisotopic (exact) mass is 419 g/mol. The van der Waals surface area contributed by atoms with Crippen LogP contribution in [0, 0.1) is 13.8 Å². The lowest BCUT2D eigenvalue weighted by Gasteiger charge is -2.31. The largest absolute Gasteiger partial charge is 0.497 e. The first kappa shape index (κ1) is 20.2. The smallest absolute Gasteiger partial charge is 0.264 e. The molecule has 4 rings (SSSR count). The van der Waals surface area contributed by atoms with Gasteiger partial charge in [-0.05, 0) is 72.9 Å². The van der Waals surface area contributed by atoms with Crippen molar-refractivity contribution >= 4 is 21.3 Å². The van der Waals surface area contributed by atoms with Crippen LogP contribution >= 0.6 is 0 Å². The summed E-state index contributed by atoms with van der Waals surface area (Å²) in [5, 5.41) is 0. The molecule has 1 heterocycles. The molecule has 4 nitrogen and oxygen atoms in total. The number of benzene rings is 3. The van der Waals surface area contributed by atoms with Gasteiger partial charge >= 0.3 is 0 Å². The summed E-state index contributed by atoms with van der Waals surface area (Å²) in [6, 6.07) is 18.6. The van der Waals surface area contributed by atoms with E-state index in [1.165, 1.54) is 4.31 Å².